The Kier molecular flexibility index (Phi) is 4.18. The molecule has 2 rings (SSSR count). The minimum atomic E-state index is -3.69. The molecule has 0 radical (unpaired) electrons. The molecule has 0 spiro atoms. The van der Waals surface area contributed by atoms with Crippen molar-refractivity contribution in [3.05, 3.63) is 0 Å². The number of aromatic nitrogens is 3. The third kappa shape index (κ3) is 3.60. The lowest BCUT2D eigenvalue weighted by molar-refractivity contribution is 0.314. The first-order valence-corrected chi connectivity index (χ1v) is 9.46. The van der Waals surface area contributed by atoms with Crippen LogP contribution in [-0.4, -0.2) is 55.4 Å². The Hall–Kier alpha value is -1.36. The SMILES string of the molecule is CCOc1n[nH]c(NS(=O)(=O)C2CCS(=O)(=O)CC2)n1. The molecule has 2 N–H and O–H groups in total. The van der Waals surface area contributed by atoms with Gasteiger partial charge in [0.2, 0.25) is 16.0 Å². The van der Waals surface area contributed by atoms with E-state index in [1.165, 1.54) is 0 Å². The summed E-state index contributed by atoms with van der Waals surface area (Å²) in [5.74, 6) is -0.264. The van der Waals surface area contributed by atoms with Crippen LogP contribution >= 0.6 is 0 Å². The summed E-state index contributed by atoms with van der Waals surface area (Å²) in [6.45, 7) is 2.12. The summed E-state index contributed by atoms with van der Waals surface area (Å²) in [5.41, 5.74) is 0. The second-order valence-electron chi connectivity index (χ2n) is 4.40. The third-order valence-corrected chi connectivity index (χ3v) is 6.46. The van der Waals surface area contributed by atoms with Crippen LogP contribution in [0.1, 0.15) is 19.8 Å². The minimum absolute atomic E-state index is 0.0399. The molecule has 11 heteroatoms. The number of aromatic amines is 1. The van der Waals surface area contributed by atoms with Crippen molar-refractivity contribution < 1.29 is 21.6 Å². The summed E-state index contributed by atoms with van der Waals surface area (Å²) in [6, 6.07) is 0.0522. The fourth-order valence-electron chi connectivity index (χ4n) is 1.88. The first-order chi connectivity index (χ1) is 9.32. The van der Waals surface area contributed by atoms with E-state index < -0.39 is 25.1 Å². The Balaban J connectivity index is 2.03. The standard InChI is InChI=1S/C9H16N4O5S2/c1-2-18-9-10-8(11-12-9)13-20(16,17)7-3-5-19(14,15)6-4-7/h7H,2-6H2,1H3,(H2,10,11,12,13). The highest BCUT2D eigenvalue weighted by atomic mass is 32.2. The highest BCUT2D eigenvalue weighted by Gasteiger charge is 2.33. The predicted molar refractivity (Wildman–Crippen MR) is 71.8 cm³/mol. The van der Waals surface area contributed by atoms with Crippen molar-refractivity contribution in [2.24, 2.45) is 0 Å². The summed E-state index contributed by atoms with van der Waals surface area (Å²) >= 11 is 0. The smallest absolute Gasteiger partial charge is 0.337 e. The number of rotatable bonds is 5. The number of ether oxygens (including phenoxy) is 1. The molecule has 0 aliphatic carbocycles. The van der Waals surface area contributed by atoms with Crippen LogP contribution in [0.3, 0.4) is 0 Å². The lowest BCUT2D eigenvalue weighted by Gasteiger charge is -2.21. The van der Waals surface area contributed by atoms with Crippen LogP contribution in [-0.2, 0) is 19.9 Å². The lowest BCUT2D eigenvalue weighted by Crippen LogP contribution is -2.36. The van der Waals surface area contributed by atoms with Crippen molar-refractivity contribution in [1.82, 2.24) is 15.2 Å². The topological polar surface area (TPSA) is 131 Å². The molecule has 1 aromatic rings. The first kappa shape index (κ1) is 15.0. The first-order valence-electron chi connectivity index (χ1n) is 6.09. The zero-order valence-corrected chi connectivity index (χ0v) is 12.5. The van der Waals surface area contributed by atoms with Gasteiger partial charge < -0.3 is 4.74 Å². The van der Waals surface area contributed by atoms with E-state index in [9.17, 15) is 16.8 Å². The Morgan fingerprint density at radius 2 is 2.05 bits per heavy atom. The molecule has 1 fully saturated rings. The van der Waals surface area contributed by atoms with Gasteiger partial charge in [-0.25, -0.2) is 21.9 Å². The van der Waals surface area contributed by atoms with E-state index in [1.807, 2.05) is 0 Å². The molecule has 0 amide bonds. The summed E-state index contributed by atoms with van der Waals surface area (Å²) in [7, 11) is -6.79. The van der Waals surface area contributed by atoms with Crippen molar-refractivity contribution >= 4 is 25.8 Å². The van der Waals surface area contributed by atoms with Crippen LogP contribution in [0.25, 0.3) is 0 Å². The van der Waals surface area contributed by atoms with E-state index in [4.69, 9.17) is 4.74 Å². The number of sulfonamides is 1. The largest absolute Gasteiger partial charge is 0.463 e. The van der Waals surface area contributed by atoms with E-state index in [2.05, 4.69) is 19.9 Å². The Bertz CT molecular complexity index is 652. The number of anilines is 1. The van der Waals surface area contributed by atoms with E-state index in [0.29, 0.717) is 6.61 Å². The molecule has 0 saturated carbocycles. The van der Waals surface area contributed by atoms with Gasteiger partial charge in [0, 0.05) is 0 Å². The van der Waals surface area contributed by atoms with Crippen LogP contribution in [0.2, 0.25) is 0 Å². The van der Waals surface area contributed by atoms with Gasteiger partial charge in [-0.3, -0.25) is 4.72 Å². The van der Waals surface area contributed by atoms with Crippen LogP contribution < -0.4 is 9.46 Å². The molecular formula is C9H16N4O5S2. The van der Waals surface area contributed by atoms with Crippen molar-refractivity contribution in [3.8, 4) is 6.01 Å². The lowest BCUT2D eigenvalue weighted by atomic mass is 10.2. The molecule has 1 aliphatic heterocycles. The van der Waals surface area contributed by atoms with Crippen LogP contribution in [0, 0.1) is 0 Å². The zero-order valence-electron chi connectivity index (χ0n) is 10.9. The van der Waals surface area contributed by atoms with E-state index in [0.717, 1.165) is 0 Å². The van der Waals surface area contributed by atoms with Gasteiger partial charge in [-0.2, -0.15) is 4.98 Å². The van der Waals surface area contributed by atoms with Gasteiger partial charge in [0.15, 0.2) is 0 Å². The number of nitrogens with one attached hydrogen (secondary N) is 2. The maximum Gasteiger partial charge on any atom is 0.337 e. The van der Waals surface area contributed by atoms with Crippen molar-refractivity contribution in [2.75, 3.05) is 22.8 Å². The fraction of sp³-hybridized carbons (Fsp3) is 0.778. The molecule has 1 aliphatic rings. The van der Waals surface area contributed by atoms with Gasteiger partial charge in [-0.1, -0.05) is 0 Å². The van der Waals surface area contributed by atoms with Gasteiger partial charge >= 0.3 is 6.01 Å². The molecular weight excluding hydrogens is 308 g/mol. The summed E-state index contributed by atoms with van der Waals surface area (Å²) in [5, 5.41) is 5.34. The maximum atomic E-state index is 12.1. The quantitative estimate of drug-likeness (QED) is 0.748. The number of nitrogens with zero attached hydrogens (tertiary/aromatic N) is 2. The summed E-state index contributed by atoms with van der Waals surface area (Å²) < 4.78 is 54.1. The van der Waals surface area contributed by atoms with Gasteiger partial charge in [0.25, 0.3) is 0 Å². The van der Waals surface area contributed by atoms with E-state index in [-0.39, 0.29) is 36.3 Å². The zero-order chi connectivity index (χ0) is 14.8. The van der Waals surface area contributed by atoms with Crippen LogP contribution in [0.5, 0.6) is 6.01 Å². The van der Waals surface area contributed by atoms with Gasteiger partial charge in [0.05, 0.1) is 23.4 Å². The highest BCUT2D eigenvalue weighted by Crippen LogP contribution is 2.21. The Morgan fingerprint density at radius 1 is 1.40 bits per heavy atom. The average molecular weight is 324 g/mol. The number of sulfone groups is 1. The monoisotopic (exact) mass is 324 g/mol. The predicted octanol–water partition coefficient (Wildman–Crippen LogP) is -0.478. The maximum absolute atomic E-state index is 12.1. The van der Waals surface area contributed by atoms with Crippen molar-refractivity contribution in [1.29, 1.82) is 0 Å². The normalized spacial score (nSPS) is 19.6. The number of hydrogen-bond acceptors (Lipinski definition) is 7. The average Bonchev–Trinajstić information content (AvgIpc) is 2.75. The van der Waals surface area contributed by atoms with Gasteiger partial charge in [-0.05, 0) is 19.8 Å². The van der Waals surface area contributed by atoms with E-state index in [1.54, 1.807) is 6.92 Å². The molecule has 0 aromatic carbocycles. The Morgan fingerprint density at radius 3 is 2.65 bits per heavy atom. The molecule has 20 heavy (non-hydrogen) atoms. The molecule has 0 atom stereocenters. The van der Waals surface area contributed by atoms with Crippen molar-refractivity contribution in [2.45, 2.75) is 25.0 Å². The highest BCUT2D eigenvalue weighted by molar-refractivity contribution is 7.94. The summed E-state index contributed by atoms with van der Waals surface area (Å²) in [6.07, 6.45) is 0.175. The molecule has 114 valence electrons. The second-order valence-corrected chi connectivity index (χ2v) is 8.66. The fourth-order valence-corrected chi connectivity index (χ4v) is 5.06. The van der Waals surface area contributed by atoms with Gasteiger partial charge in [-0.15, -0.1) is 5.10 Å². The Labute approximate surface area is 117 Å². The second kappa shape index (κ2) is 5.56. The number of H-pyrrole nitrogens is 1. The number of hydrogen-bond donors (Lipinski definition) is 2. The third-order valence-electron chi connectivity index (χ3n) is 2.92. The van der Waals surface area contributed by atoms with Crippen LogP contribution in [0.15, 0.2) is 0 Å². The summed E-state index contributed by atoms with van der Waals surface area (Å²) in [4.78, 5) is 3.81. The molecule has 9 nitrogen and oxygen atoms in total. The van der Waals surface area contributed by atoms with Crippen molar-refractivity contribution in [3.63, 3.8) is 0 Å². The minimum Gasteiger partial charge on any atom is -0.463 e. The molecule has 0 bridgehead atoms. The molecule has 1 aromatic heterocycles. The van der Waals surface area contributed by atoms with Gasteiger partial charge in [0.1, 0.15) is 9.84 Å². The molecule has 0 unspecified atom stereocenters. The molecule has 1 saturated heterocycles. The van der Waals surface area contributed by atoms with Crippen LogP contribution in [0.4, 0.5) is 5.95 Å². The molecule has 2 heterocycles. The van der Waals surface area contributed by atoms with E-state index >= 15 is 0 Å².